The largest absolute Gasteiger partial charge is 0.367 e. The van der Waals surface area contributed by atoms with Crippen molar-refractivity contribution in [1.29, 1.82) is 10.5 Å². The van der Waals surface area contributed by atoms with Crippen LogP contribution >= 0.6 is 11.3 Å². The number of rotatable bonds is 6. The van der Waals surface area contributed by atoms with Crippen molar-refractivity contribution in [2.45, 2.75) is 12.8 Å². The summed E-state index contributed by atoms with van der Waals surface area (Å²) in [7, 11) is 0. The predicted molar refractivity (Wildman–Crippen MR) is 110 cm³/mol. The van der Waals surface area contributed by atoms with Crippen LogP contribution in [0.1, 0.15) is 23.4 Å². The Morgan fingerprint density at radius 1 is 1.03 bits per heavy atom. The Labute approximate surface area is 173 Å². The maximum atomic E-state index is 9.39. The molecule has 1 fully saturated rings. The smallest absolute Gasteiger partial charge is 0.227 e. The van der Waals surface area contributed by atoms with Gasteiger partial charge in [-0.1, -0.05) is 17.3 Å². The molecule has 3 aromatic rings. The quantitative estimate of drug-likeness (QED) is 0.622. The third kappa shape index (κ3) is 4.29. The van der Waals surface area contributed by atoms with Gasteiger partial charge in [-0.15, -0.1) is 11.3 Å². The van der Waals surface area contributed by atoms with Crippen molar-refractivity contribution < 1.29 is 4.52 Å². The summed E-state index contributed by atoms with van der Waals surface area (Å²) in [6.07, 6.45) is 1.71. The van der Waals surface area contributed by atoms with E-state index in [0.717, 1.165) is 56.1 Å². The van der Waals surface area contributed by atoms with E-state index < -0.39 is 0 Å². The molecule has 1 saturated heterocycles. The number of para-hydroxylation sites is 1. The van der Waals surface area contributed by atoms with Gasteiger partial charge in [0.05, 0.1) is 21.7 Å². The topological polar surface area (TPSA) is 93.0 Å². The van der Waals surface area contributed by atoms with Gasteiger partial charge in [0.2, 0.25) is 11.7 Å². The molecule has 0 N–H and O–H groups in total. The van der Waals surface area contributed by atoms with Crippen LogP contribution in [0, 0.1) is 22.7 Å². The standard InChI is InChI=1S/C21H20N6OS/c22-14-16-4-1-5-17(15-23)20(16)27-11-9-26(10-12-27)8-2-7-19-24-21(25-28-19)18-6-3-13-29-18/h1,3-6,13H,2,7-12H2. The van der Waals surface area contributed by atoms with Crippen LogP contribution in [0.3, 0.4) is 0 Å². The molecule has 8 heteroatoms. The molecule has 0 radical (unpaired) electrons. The van der Waals surface area contributed by atoms with E-state index in [1.807, 2.05) is 17.5 Å². The number of nitriles is 2. The maximum absolute atomic E-state index is 9.39. The number of piperazine rings is 1. The molecule has 7 nitrogen and oxygen atoms in total. The highest BCUT2D eigenvalue weighted by molar-refractivity contribution is 7.13. The van der Waals surface area contributed by atoms with Gasteiger partial charge in [-0.25, -0.2) is 0 Å². The second kappa shape index (κ2) is 8.87. The zero-order valence-electron chi connectivity index (χ0n) is 15.9. The number of hydrogen-bond donors (Lipinski definition) is 0. The van der Waals surface area contributed by atoms with E-state index in [0.29, 0.717) is 22.8 Å². The Bertz CT molecular complexity index is 1010. The van der Waals surface area contributed by atoms with E-state index in [-0.39, 0.29) is 0 Å². The molecule has 0 unspecified atom stereocenters. The highest BCUT2D eigenvalue weighted by atomic mass is 32.1. The van der Waals surface area contributed by atoms with E-state index in [1.165, 1.54) is 0 Å². The molecule has 146 valence electrons. The third-order valence-electron chi connectivity index (χ3n) is 5.04. The first kappa shape index (κ1) is 19.1. The molecule has 29 heavy (non-hydrogen) atoms. The highest BCUT2D eigenvalue weighted by Gasteiger charge is 2.21. The lowest BCUT2D eigenvalue weighted by Crippen LogP contribution is -2.47. The molecule has 3 heterocycles. The molecule has 0 aliphatic carbocycles. The Morgan fingerprint density at radius 3 is 2.45 bits per heavy atom. The van der Waals surface area contributed by atoms with Gasteiger partial charge in [0.25, 0.3) is 0 Å². The van der Waals surface area contributed by atoms with E-state index >= 15 is 0 Å². The fourth-order valence-corrected chi connectivity index (χ4v) is 4.23. The van der Waals surface area contributed by atoms with Crippen molar-refractivity contribution >= 4 is 17.0 Å². The van der Waals surface area contributed by atoms with Crippen molar-refractivity contribution in [3.8, 4) is 22.8 Å². The molecule has 0 bridgehead atoms. The molecule has 2 aromatic heterocycles. The summed E-state index contributed by atoms with van der Waals surface area (Å²) in [4.78, 5) is 10.0. The van der Waals surface area contributed by atoms with E-state index in [4.69, 9.17) is 4.52 Å². The summed E-state index contributed by atoms with van der Waals surface area (Å²) in [5.74, 6) is 1.33. The Hall–Kier alpha value is -3.20. The van der Waals surface area contributed by atoms with E-state index in [2.05, 4.69) is 32.1 Å². The lowest BCUT2D eigenvalue weighted by atomic mass is 10.1. The van der Waals surface area contributed by atoms with Gasteiger partial charge in [-0.2, -0.15) is 15.5 Å². The molecule has 4 rings (SSSR count). The fourth-order valence-electron chi connectivity index (χ4n) is 3.58. The highest BCUT2D eigenvalue weighted by Crippen LogP contribution is 2.26. The summed E-state index contributed by atoms with van der Waals surface area (Å²) in [5, 5.41) is 24.8. The number of nitrogens with zero attached hydrogens (tertiary/aromatic N) is 6. The third-order valence-corrected chi connectivity index (χ3v) is 5.91. The number of anilines is 1. The molecular formula is C21H20N6OS. The summed E-state index contributed by atoms with van der Waals surface area (Å²) in [5.41, 5.74) is 1.90. The average Bonchev–Trinajstić information content (AvgIpc) is 3.46. The minimum Gasteiger partial charge on any atom is -0.367 e. The molecular weight excluding hydrogens is 384 g/mol. The number of aryl methyl sites for hydroxylation is 1. The molecule has 1 aromatic carbocycles. The maximum Gasteiger partial charge on any atom is 0.227 e. The van der Waals surface area contributed by atoms with Crippen LogP contribution in [0.25, 0.3) is 10.7 Å². The van der Waals surface area contributed by atoms with Crippen LogP contribution in [0.15, 0.2) is 40.2 Å². The Morgan fingerprint density at radius 2 is 1.79 bits per heavy atom. The SMILES string of the molecule is N#Cc1cccc(C#N)c1N1CCN(CCCc2nc(-c3cccs3)no2)CC1. The monoisotopic (exact) mass is 404 g/mol. The minimum absolute atomic E-state index is 0.565. The van der Waals surface area contributed by atoms with Crippen LogP contribution in [-0.4, -0.2) is 47.8 Å². The lowest BCUT2D eigenvalue weighted by molar-refractivity contribution is 0.250. The van der Waals surface area contributed by atoms with Crippen LogP contribution < -0.4 is 4.90 Å². The van der Waals surface area contributed by atoms with E-state index in [9.17, 15) is 10.5 Å². The molecule has 0 saturated carbocycles. The van der Waals surface area contributed by atoms with E-state index in [1.54, 1.807) is 29.5 Å². The van der Waals surface area contributed by atoms with Gasteiger partial charge in [0, 0.05) is 32.6 Å². The molecule has 1 aliphatic heterocycles. The summed E-state index contributed by atoms with van der Waals surface area (Å²) in [6.45, 7) is 4.35. The summed E-state index contributed by atoms with van der Waals surface area (Å²) in [6, 6.07) is 13.7. The van der Waals surface area contributed by atoms with Crippen molar-refractivity contribution in [3.05, 3.63) is 52.7 Å². The number of thiophene rings is 1. The van der Waals surface area contributed by atoms with Gasteiger partial charge in [0.1, 0.15) is 12.1 Å². The molecule has 0 atom stereocenters. The first-order chi connectivity index (χ1) is 14.3. The zero-order valence-corrected chi connectivity index (χ0v) is 16.7. The average molecular weight is 404 g/mol. The Kier molecular flexibility index (Phi) is 5.85. The number of hydrogen-bond acceptors (Lipinski definition) is 8. The van der Waals surface area contributed by atoms with Gasteiger partial charge in [-0.3, -0.25) is 4.90 Å². The van der Waals surface area contributed by atoms with Crippen LogP contribution in [0.4, 0.5) is 5.69 Å². The summed E-state index contributed by atoms with van der Waals surface area (Å²) < 4.78 is 5.36. The first-order valence-electron chi connectivity index (χ1n) is 9.55. The predicted octanol–water partition coefficient (Wildman–Crippen LogP) is 3.30. The first-order valence-corrected chi connectivity index (χ1v) is 10.4. The van der Waals surface area contributed by atoms with Crippen LogP contribution in [-0.2, 0) is 6.42 Å². The lowest BCUT2D eigenvalue weighted by Gasteiger charge is -2.36. The van der Waals surface area contributed by atoms with Crippen molar-refractivity contribution in [3.63, 3.8) is 0 Å². The second-order valence-electron chi connectivity index (χ2n) is 6.85. The molecule has 0 spiro atoms. The Balaban J connectivity index is 1.28. The number of aromatic nitrogens is 2. The van der Waals surface area contributed by atoms with Gasteiger partial charge in [0.15, 0.2) is 0 Å². The molecule has 1 aliphatic rings. The minimum atomic E-state index is 0.565. The van der Waals surface area contributed by atoms with Crippen molar-refractivity contribution in [2.75, 3.05) is 37.6 Å². The van der Waals surface area contributed by atoms with Crippen LogP contribution in [0.2, 0.25) is 0 Å². The van der Waals surface area contributed by atoms with Crippen molar-refractivity contribution in [1.82, 2.24) is 15.0 Å². The molecule has 0 amide bonds. The van der Waals surface area contributed by atoms with Gasteiger partial charge < -0.3 is 9.42 Å². The summed E-state index contributed by atoms with van der Waals surface area (Å²) >= 11 is 1.60. The normalized spacial score (nSPS) is 14.5. The number of benzene rings is 1. The zero-order chi connectivity index (χ0) is 20.1. The van der Waals surface area contributed by atoms with Crippen molar-refractivity contribution in [2.24, 2.45) is 0 Å². The second-order valence-corrected chi connectivity index (χ2v) is 7.79. The van der Waals surface area contributed by atoms with Crippen LogP contribution in [0.5, 0.6) is 0 Å². The van der Waals surface area contributed by atoms with Gasteiger partial charge in [-0.05, 0) is 36.5 Å². The fraction of sp³-hybridized carbons (Fsp3) is 0.333. The van der Waals surface area contributed by atoms with Gasteiger partial charge >= 0.3 is 0 Å².